The number of aromatic nitrogens is 5. The van der Waals surface area contributed by atoms with Gasteiger partial charge in [0.25, 0.3) is 17.9 Å². The molecule has 4 rings (SSSR count). The molecule has 1 amide bonds. The van der Waals surface area contributed by atoms with Crippen LogP contribution in [0.15, 0.2) is 41.6 Å². The average molecular weight is 444 g/mol. The Kier molecular flexibility index (Phi) is 6.08. The molecule has 0 aromatic carbocycles. The Morgan fingerprint density at radius 3 is 2.66 bits per heavy atom. The summed E-state index contributed by atoms with van der Waals surface area (Å²) in [7, 11) is 1.67. The van der Waals surface area contributed by atoms with Gasteiger partial charge in [-0.05, 0) is 31.0 Å². The van der Waals surface area contributed by atoms with Crippen LogP contribution < -0.4 is 10.9 Å². The highest BCUT2D eigenvalue weighted by atomic mass is 19.3. The summed E-state index contributed by atoms with van der Waals surface area (Å²) in [6, 6.07) is 3.42. The molecule has 1 saturated carbocycles. The van der Waals surface area contributed by atoms with Crippen molar-refractivity contribution < 1.29 is 18.7 Å². The number of carbonyl (C=O) groups is 1. The Balaban J connectivity index is 1.77. The van der Waals surface area contributed by atoms with Gasteiger partial charge in [-0.3, -0.25) is 19.3 Å². The third-order valence-corrected chi connectivity index (χ3v) is 5.44. The van der Waals surface area contributed by atoms with Crippen LogP contribution in [0, 0.1) is 0 Å². The van der Waals surface area contributed by atoms with Gasteiger partial charge in [-0.2, -0.15) is 14.9 Å². The molecule has 32 heavy (non-hydrogen) atoms. The third kappa shape index (κ3) is 4.42. The number of halogens is 2. The number of hydrogen-bond acceptors (Lipinski definition) is 6. The van der Waals surface area contributed by atoms with Crippen molar-refractivity contribution in [3.05, 3.63) is 58.4 Å². The predicted octanol–water partition coefficient (Wildman–Crippen LogP) is 2.00. The number of hydrogen-bond donors (Lipinski definition) is 2. The highest BCUT2D eigenvalue weighted by Gasteiger charge is 2.27. The summed E-state index contributed by atoms with van der Waals surface area (Å²) in [4.78, 5) is 29.8. The molecule has 1 fully saturated rings. The maximum absolute atomic E-state index is 13.1. The number of alkyl halides is 2. The van der Waals surface area contributed by atoms with Crippen LogP contribution >= 0.6 is 0 Å². The van der Waals surface area contributed by atoms with Gasteiger partial charge in [-0.15, -0.1) is 0 Å². The number of rotatable bonds is 5. The lowest BCUT2D eigenvalue weighted by atomic mass is 9.92. The standard InChI is InChI=1S/C21H22F2N6O3/c1-28-11-13(10-25-28)29-21(32)14(20(31)26-15-4-2-3-5-18(15)30)8-17(27-29)12-6-7-16(19(22)23)24-9-12/h6-11,15,18-19,30H,2-5H2,1H3,(H,26,31)/t15-,18+/m0/s1. The van der Waals surface area contributed by atoms with Gasteiger partial charge in [-0.1, -0.05) is 12.8 Å². The van der Waals surface area contributed by atoms with E-state index in [9.17, 15) is 23.5 Å². The van der Waals surface area contributed by atoms with Crippen LogP contribution in [-0.4, -0.2) is 47.7 Å². The van der Waals surface area contributed by atoms with Crippen molar-refractivity contribution in [2.75, 3.05) is 0 Å². The van der Waals surface area contributed by atoms with Crippen molar-refractivity contribution >= 4 is 5.91 Å². The first-order valence-electron chi connectivity index (χ1n) is 10.2. The van der Waals surface area contributed by atoms with Crippen LogP contribution in [0.2, 0.25) is 0 Å². The number of aliphatic hydroxyl groups is 1. The molecule has 0 saturated heterocycles. The largest absolute Gasteiger partial charge is 0.391 e. The van der Waals surface area contributed by atoms with Crippen molar-refractivity contribution in [2.45, 2.75) is 44.3 Å². The Morgan fingerprint density at radius 1 is 1.25 bits per heavy atom. The van der Waals surface area contributed by atoms with Crippen LogP contribution in [0.25, 0.3) is 16.9 Å². The minimum atomic E-state index is -2.72. The van der Waals surface area contributed by atoms with Gasteiger partial charge in [-0.25, -0.2) is 8.78 Å². The Bertz CT molecular complexity index is 1180. The van der Waals surface area contributed by atoms with E-state index in [4.69, 9.17) is 0 Å². The van der Waals surface area contributed by atoms with Crippen LogP contribution in [0.1, 0.15) is 48.2 Å². The number of amides is 1. The first-order valence-corrected chi connectivity index (χ1v) is 10.2. The Morgan fingerprint density at radius 2 is 2.03 bits per heavy atom. The molecule has 0 spiro atoms. The summed E-state index contributed by atoms with van der Waals surface area (Å²) < 4.78 is 28.2. The predicted molar refractivity (Wildman–Crippen MR) is 111 cm³/mol. The lowest BCUT2D eigenvalue weighted by molar-refractivity contribution is 0.0716. The average Bonchev–Trinajstić information content (AvgIpc) is 3.21. The SMILES string of the molecule is Cn1cc(-n2nc(-c3ccc(C(F)F)nc3)cc(C(=O)N[C@H]3CCCC[C@H]3O)c2=O)cn1. The van der Waals surface area contributed by atoms with E-state index in [0.717, 1.165) is 17.5 Å². The minimum absolute atomic E-state index is 0.186. The number of nitrogens with one attached hydrogen (secondary N) is 1. The van der Waals surface area contributed by atoms with Crippen LogP contribution in [0.3, 0.4) is 0 Å². The van der Waals surface area contributed by atoms with Crippen LogP contribution in [-0.2, 0) is 7.05 Å². The van der Waals surface area contributed by atoms with Crippen molar-refractivity contribution in [3.8, 4) is 16.9 Å². The van der Waals surface area contributed by atoms with Gasteiger partial charge in [0.15, 0.2) is 0 Å². The summed E-state index contributed by atoms with van der Waals surface area (Å²) in [6.45, 7) is 0. The molecule has 1 aliphatic rings. The van der Waals surface area contributed by atoms with Gasteiger partial charge in [0, 0.05) is 18.8 Å². The molecule has 9 nitrogen and oxygen atoms in total. The normalized spacial score (nSPS) is 18.7. The first-order chi connectivity index (χ1) is 15.3. The topological polar surface area (TPSA) is 115 Å². The molecule has 0 aliphatic heterocycles. The lowest BCUT2D eigenvalue weighted by Gasteiger charge is -2.28. The second kappa shape index (κ2) is 8.95. The van der Waals surface area contributed by atoms with E-state index in [0.29, 0.717) is 24.1 Å². The fourth-order valence-electron chi connectivity index (χ4n) is 3.70. The molecule has 1 aliphatic carbocycles. The fourth-order valence-corrected chi connectivity index (χ4v) is 3.70. The number of aliphatic hydroxyl groups excluding tert-OH is 1. The zero-order valence-electron chi connectivity index (χ0n) is 17.3. The van der Waals surface area contributed by atoms with Crippen molar-refractivity contribution in [3.63, 3.8) is 0 Å². The van der Waals surface area contributed by atoms with Crippen molar-refractivity contribution in [1.82, 2.24) is 29.9 Å². The Hall–Kier alpha value is -3.47. The number of aryl methyl sites for hydroxylation is 1. The summed E-state index contributed by atoms with van der Waals surface area (Å²) >= 11 is 0. The molecule has 11 heteroatoms. The smallest absolute Gasteiger partial charge is 0.284 e. The van der Waals surface area contributed by atoms with E-state index in [-0.39, 0.29) is 11.3 Å². The van der Waals surface area contributed by atoms with E-state index in [2.05, 4.69) is 20.5 Å². The quantitative estimate of drug-likeness (QED) is 0.622. The summed E-state index contributed by atoms with van der Waals surface area (Å²) in [5, 5.41) is 21.3. The number of carbonyl (C=O) groups excluding carboxylic acids is 1. The molecule has 168 valence electrons. The molecule has 0 radical (unpaired) electrons. The molecule has 2 atom stereocenters. The van der Waals surface area contributed by atoms with Gasteiger partial charge < -0.3 is 10.4 Å². The van der Waals surface area contributed by atoms with Crippen molar-refractivity contribution in [1.29, 1.82) is 0 Å². The number of pyridine rings is 1. The van der Waals surface area contributed by atoms with Gasteiger partial charge >= 0.3 is 0 Å². The summed E-state index contributed by atoms with van der Waals surface area (Å²) in [5.41, 5.74) is -0.340. The van der Waals surface area contributed by atoms with E-state index in [1.807, 2.05) is 0 Å². The molecule has 2 N–H and O–H groups in total. The highest BCUT2D eigenvalue weighted by molar-refractivity contribution is 5.95. The van der Waals surface area contributed by atoms with Crippen molar-refractivity contribution in [2.24, 2.45) is 7.05 Å². The van der Waals surface area contributed by atoms with Gasteiger partial charge in [0.1, 0.15) is 16.9 Å². The van der Waals surface area contributed by atoms with Gasteiger partial charge in [0.05, 0.1) is 30.2 Å². The monoisotopic (exact) mass is 444 g/mol. The van der Waals surface area contributed by atoms with Crippen LogP contribution in [0.5, 0.6) is 0 Å². The lowest BCUT2D eigenvalue weighted by Crippen LogP contribution is -2.46. The number of nitrogens with zero attached hydrogens (tertiary/aromatic N) is 5. The first kappa shape index (κ1) is 21.8. The van der Waals surface area contributed by atoms with E-state index < -0.39 is 35.7 Å². The van der Waals surface area contributed by atoms with E-state index in [1.54, 1.807) is 13.2 Å². The molecular formula is C21H22F2N6O3. The highest BCUT2D eigenvalue weighted by Crippen LogP contribution is 2.22. The van der Waals surface area contributed by atoms with E-state index in [1.165, 1.54) is 35.3 Å². The third-order valence-electron chi connectivity index (χ3n) is 5.44. The Labute approximate surface area is 181 Å². The molecule has 0 unspecified atom stereocenters. The maximum atomic E-state index is 13.1. The minimum Gasteiger partial charge on any atom is -0.391 e. The molecule has 0 bridgehead atoms. The second-order valence-corrected chi connectivity index (χ2v) is 7.74. The second-order valence-electron chi connectivity index (χ2n) is 7.74. The zero-order chi connectivity index (χ0) is 22.8. The summed E-state index contributed by atoms with van der Waals surface area (Å²) in [5.74, 6) is -0.639. The maximum Gasteiger partial charge on any atom is 0.284 e. The molecule has 3 heterocycles. The van der Waals surface area contributed by atoms with E-state index >= 15 is 0 Å². The molecule has 3 aromatic rings. The summed E-state index contributed by atoms with van der Waals surface area (Å²) in [6.07, 6.45) is 3.73. The molecular weight excluding hydrogens is 422 g/mol. The van der Waals surface area contributed by atoms with Crippen LogP contribution in [0.4, 0.5) is 8.78 Å². The zero-order valence-corrected chi connectivity index (χ0v) is 17.3. The fraction of sp³-hybridized carbons (Fsp3) is 0.381. The van der Waals surface area contributed by atoms with Gasteiger partial charge in [0.2, 0.25) is 0 Å². The molecule has 3 aromatic heterocycles.